The van der Waals surface area contributed by atoms with Crippen LogP contribution in [0.5, 0.6) is 0 Å². The molecule has 0 aromatic carbocycles. The molecule has 0 aliphatic carbocycles. The fourth-order valence-corrected chi connectivity index (χ4v) is 2.45. The summed E-state index contributed by atoms with van der Waals surface area (Å²) in [5.74, 6) is 0.436. The van der Waals surface area contributed by atoms with Gasteiger partial charge in [-0.05, 0) is 18.8 Å². The van der Waals surface area contributed by atoms with Crippen molar-refractivity contribution in [3.8, 4) is 0 Å². The Hall–Kier alpha value is -0.870. The van der Waals surface area contributed by atoms with E-state index in [2.05, 4.69) is 23.1 Å². The van der Waals surface area contributed by atoms with Gasteiger partial charge in [-0.3, -0.25) is 9.58 Å². The third kappa shape index (κ3) is 2.62. The molecule has 4 heteroatoms. The van der Waals surface area contributed by atoms with Crippen LogP contribution in [-0.2, 0) is 13.6 Å². The zero-order valence-corrected chi connectivity index (χ0v) is 10.1. The summed E-state index contributed by atoms with van der Waals surface area (Å²) >= 11 is 0. The van der Waals surface area contributed by atoms with Crippen LogP contribution in [0.15, 0.2) is 12.4 Å². The first-order valence-electron chi connectivity index (χ1n) is 6.07. The van der Waals surface area contributed by atoms with E-state index in [9.17, 15) is 5.11 Å². The minimum Gasteiger partial charge on any atom is -0.393 e. The molecule has 0 saturated carbocycles. The average molecular weight is 223 g/mol. The summed E-state index contributed by atoms with van der Waals surface area (Å²) in [5, 5.41) is 14.0. The van der Waals surface area contributed by atoms with Crippen molar-refractivity contribution >= 4 is 0 Å². The monoisotopic (exact) mass is 223 g/mol. The van der Waals surface area contributed by atoms with E-state index in [4.69, 9.17) is 0 Å². The summed E-state index contributed by atoms with van der Waals surface area (Å²) in [6.45, 7) is 5.11. The topological polar surface area (TPSA) is 41.3 Å². The molecule has 1 aromatic rings. The second-order valence-electron chi connectivity index (χ2n) is 4.78. The van der Waals surface area contributed by atoms with E-state index in [0.717, 1.165) is 32.5 Å². The fraction of sp³-hybridized carbons (Fsp3) is 0.750. The van der Waals surface area contributed by atoms with E-state index in [0.29, 0.717) is 5.92 Å². The molecular weight excluding hydrogens is 202 g/mol. The van der Waals surface area contributed by atoms with Crippen molar-refractivity contribution in [1.82, 2.24) is 14.7 Å². The number of nitrogens with zero attached hydrogens (tertiary/aromatic N) is 3. The number of hydrogen-bond acceptors (Lipinski definition) is 3. The predicted molar refractivity (Wildman–Crippen MR) is 62.9 cm³/mol. The highest BCUT2D eigenvalue weighted by atomic mass is 16.3. The van der Waals surface area contributed by atoms with E-state index in [1.807, 2.05) is 17.9 Å². The molecule has 16 heavy (non-hydrogen) atoms. The van der Waals surface area contributed by atoms with Crippen LogP contribution in [0.1, 0.15) is 25.3 Å². The molecule has 2 unspecified atom stereocenters. The van der Waals surface area contributed by atoms with Crippen molar-refractivity contribution < 1.29 is 5.11 Å². The van der Waals surface area contributed by atoms with Crippen LogP contribution >= 0.6 is 0 Å². The molecule has 2 rings (SSSR count). The van der Waals surface area contributed by atoms with Crippen molar-refractivity contribution in [2.45, 2.75) is 32.4 Å². The lowest BCUT2D eigenvalue weighted by Crippen LogP contribution is -2.42. The van der Waals surface area contributed by atoms with E-state index in [1.54, 1.807) is 0 Å². The molecule has 1 N–H and O–H groups in total. The summed E-state index contributed by atoms with van der Waals surface area (Å²) in [7, 11) is 1.94. The van der Waals surface area contributed by atoms with Crippen molar-refractivity contribution in [3.63, 3.8) is 0 Å². The summed E-state index contributed by atoms with van der Waals surface area (Å²) in [4.78, 5) is 2.41. The highest BCUT2D eigenvalue weighted by Crippen LogP contribution is 2.21. The zero-order chi connectivity index (χ0) is 11.5. The zero-order valence-electron chi connectivity index (χ0n) is 10.1. The van der Waals surface area contributed by atoms with Crippen LogP contribution in [0, 0.1) is 5.92 Å². The first-order valence-corrected chi connectivity index (χ1v) is 6.07. The van der Waals surface area contributed by atoms with E-state index < -0.39 is 0 Å². The third-order valence-corrected chi connectivity index (χ3v) is 3.47. The van der Waals surface area contributed by atoms with Gasteiger partial charge in [-0.25, -0.2) is 0 Å². The Kier molecular flexibility index (Phi) is 3.61. The van der Waals surface area contributed by atoms with E-state index in [1.165, 1.54) is 5.56 Å². The van der Waals surface area contributed by atoms with Crippen molar-refractivity contribution in [2.75, 3.05) is 13.1 Å². The van der Waals surface area contributed by atoms with Crippen LogP contribution in [0.4, 0.5) is 0 Å². The van der Waals surface area contributed by atoms with Gasteiger partial charge in [0.05, 0.1) is 12.3 Å². The standard InChI is InChI=1S/C12H21N3O/c1-3-11-9-15(5-4-12(11)16)8-10-6-13-14(2)7-10/h6-7,11-12,16H,3-5,8-9H2,1-2H3. The maximum atomic E-state index is 9.81. The van der Waals surface area contributed by atoms with Gasteiger partial charge in [-0.15, -0.1) is 0 Å². The number of aromatic nitrogens is 2. The second kappa shape index (κ2) is 4.97. The molecule has 0 spiro atoms. The van der Waals surface area contributed by atoms with Gasteiger partial charge >= 0.3 is 0 Å². The summed E-state index contributed by atoms with van der Waals surface area (Å²) < 4.78 is 1.84. The first-order chi connectivity index (χ1) is 7.69. The Morgan fingerprint density at radius 3 is 3.00 bits per heavy atom. The lowest BCUT2D eigenvalue weighted by Gasteiger charge is -2.35. The lowest BCUT2D eigenvalue weighted by molar-refractivity contribution is 0.0222. The quantitative estimate of drug-likeness (QED) is 0.831. The number of piperidine rings is 1. The Labute approximate surface area is 96.9 Å². The molecule has 1 saturated heterocycles. The summed E-state index contributed by atoms with van der Waals surface area (Å²) in [6.07, 6.45) is 5.84. The molecule has 90 valence electrons. The first kappa shape index (κ1) is 11.6. The Balaban J connectivity index is 1.91. The molecule has 1 fully saturated rings. The molecule has 1 aromatic heterocycles. The lowest BCUT2D eigenvalue weighted by atomic mass is 9.92. The summed E-state index contributed by atoms with van der Waals surface area (Å²) in [5.41, 5.74) is 1.26. The number of aryl methyl sites for hydroxylation is 1. The fourth-order valence-electron chi connectivity index (χ4n) is 2.45. The summed E-state index contributed by atoms with van der Waals surface area (Å²) in [6, 6.07) is 0. The van der Waals surface area contributed by atoms with Gasteiger partial charge in [-0.1, -0.05) is 6.92 Å². The van der Waals surface area contributed by atoms with Gasteiger partial charge in [0, 0.05) is 38.4 Å². The van der Waals surface area contributed by atoms with Crippen LogP contribution in [0.25, 0.3) is 0 Å². The van der Waals surface area contributed by atoms with E-state index >= 15 is 0 Å². The highest BCUT2D eigenvalue weighted by molar-refractivity contribution is 5.03. The van der Waals surface area contributed by atoms with Crippen LogP contribution in [0.2, 0.25) is 0 Å². The van der Waals surface area contributed by atoms with E-state index in [-0.39, 0.29) is 6.10 Å². The highest BCUT2D eigenvalue weighted by Gasteiger charge is 2.26. The molecule has 1 aliphatic heterocycles. The van der Waals surface area contributed by atoms with Crippen molar-refractivity contribution in [2.24, 2.45) is 13.0 Å². The largest absolute Gasteiger partial charge is 0.393 e. The number of aliphatic hydroxyl groups excluding tert-OH is 1. The van der Waals surface area contributed by atoms with Gasteiger partial charge in [0.25, 0.3) is 0 Å². The third-order valence-electron chi connectivity index (χ3n) is 3.47. The van der Waals surface area contributed by atoms with Crippen molar-refractivity contribution in [3.05, 3.63) is 18.0 Å². The Bertz CT molecular complexity index is 337. The average Bonchev–Trinajstić information content (AvgIpc) is 2.67. The number of hydrogen-bond donors (Lipinski definition) is 1. The molecular formula is C12H21N3O. The Morgan fingerprint density at radius 2 is 2.38 bits per heavy atom. The maximum Gasteiger partial charge on any atom is 0.0592 e. The minimum absolute atomic E-state index is 0.102. The van der Waals surface area contributed by atoms with Crippen LogP contribution < -0.4 is 0 Å². The maximum absolute atomic E-state index is 9.81. The number of rotatable bonds is 3. The molecule has 0 amide bonds. The number of likely N-dealkylation sites (tertiary alicyclic amines) is 1. The Morgan fingerprint density at radius 1 is 1.56 bits per heavy atom. The van der Waals surface area contributed by atoms with Gasteiger partial charge < -0.3 is 5.11 Å². The molecule has 0 radical (unpaired) electrons. The van der Waals surface area contributed by atoms with Crippen LogP contribution in [-0.4, -0.2) is 39.0 Å². The molecule has 4 nitrogen and oxygen atoms in total. The van der Waals surface area contributed by atoms with Crippen LogP contribution in [0.3, 0.4) is 0 Å². The molecule has 1 aliphatic rings. The number of aliphatic hydroxyl groups is 1. The molecule has 0 bridgehead atoms. The normalized spacial score (nSPS) is 27.2. The van der Waals surface area contributed by atoms with Gasteiger partial charge in [0.15, 0.2) is 0 Å². The molecule has 2 atom stereocenters. The predicted octanol–water partition coefficient (Wildman–Crippen LogP) is 1.01. The van der Waals surface area contributed by atoms with Gasteiger partial charge in [0.2, 0.25) is 0 Å². The van der Waals surface area contributed by atoms with Gasteiger partial charge in [-0.2, -0.15) is 5.10 Å². The molecule has 2 heterocycles. The van der Waals surface area contributed by atoms with Gasteiger partial charge in [0.1, 0.15) is 0 Å². The SMILES string of the molecule is CCC1CN(Cc2cnn(C)c2)CCC1O. The second-order valence-corrected chi connectivity index (χ2v) is 4.78. The smallest absolute Gasteiger partial charge is 0.0592 e. The minimum atomic E-state index is -0.102. The van der Waals surface area contributed by atoms with Crippen molar-refractivity contribution in [1.29, 1.82) is 0 Å².